The van der Waals surface area contributed by atoms with Crippen LogP contribution >= 0.6 is 0 Å². The Balaban J connectivity index is 1.52. The second kappa shape index (κ2) is 11.3. The Bertz CT molecular complexity index is 1550. The van der Waals surface area contributed by atoms with E-state index in [2.05, 4.69) is 20.0 Å². The highest BCUT2D eigenvalue weighted by molar-refractivity contribution is 7.89. The maximum absolute atomic E-state index is 14.2. The molecule has 0 spiro atoms. The van der Waals surface area contributed by atoms with E-state index in [0.717, 1.165) is 60.3 Å². The quantitative estimate of drug-likeness (QED) is 0.260. The molecule has 4 aromatic rings. The minimum Gasteiger partial charge on any atom is -0.361 e. The van der Waals surface area contributed by atoms with Crippen molar-refractivity contribution >= 4 is 26.8 Å². The molecule has 39 heavy (non-hydrogen) atoms. The summed E-state index contributed by atoms with van der Waals surface area (Å²) in [6.45, 7) is 1.58. The molecule has 1 aliphatic carbocycles. The Morgan fingerprint density at radius 3 is 2.59 bits per heavy atom. The third-order valence-corrected chi connectivity index (χ3v) is 9.19. The van der Waals surface area contributed by atoms with Gasteiger partial charge in [0.1, 0.15) is 11.4 Å². The van der Waals surface area contributed by atoms with Crippen LogP contribution in [0.1, 0.15) is 56.3 Å². The van der Waals surface area contributed by atoms with Crippen LogP contribution in [0.15, 0.2) is 84.0 Å². The fourth-order valence-corrected chi connectivity index (χ4v) is 6.97. The van der Waals surface area contributed by atoms with Crippen LogP contribution < -0.4 is 10.0 Å². The van der Waals surface area contributed by atoms with Crippen molar-refractivity contribution in [2.75, 3.05) is 0 Å². The molecule has 0 radical (unpaired) electrons. The Kier molecular flexibility index (Phi) is 7.81. The number of aromatic nitrogens is 2. The van der Waals surface area contributed by atoms with Crippen LogP contribution in [0.2, 0.25) is 0 Å². The van der Waals surface area contributed by atoms with Gasteiger partial charge < -0.3 is 10.3 Å². The van der Waals surface area contributed by atoms with Gasteiger partial charge in [0.25, 0.3) is 0 Å². The van der Waals surface area contributed by atoms with Crippen molar-refractivity contribution in [3.05, 3.63) is 96.2 Å². The van der Waals surface area contributed by atoms with Crippen molar-refractivity contribution in [2.45, 2.75) is 61.9 Å². The molecule has 0 bridgehead atoms. The maximum Gasteiger partial charge on any atom is 0.241 e. The number of fused-ring (bicyclic) bond motifs is 1. The van der Waals surface area contributed by atoms with Crippen LogP contribution in [0.3, 0.4) is 0 Å². The molecular formula is C30H33FN4O3S. The highest BCUT2D eigenvalue weighted by Crippen LogP contribution is 2.34. The first-order valence-corrected chi connectivity index (χ1v) is 14.8. The highest BCUT2D eigenvalue weighted by Gasteiger charge is 2.41. The molecule has 204 valence electrons. The summed E-state index contributed by atoms with van der Waals surface area (Å²) in [6.07, 6.45) is 8.79. The molecule has 2 heterocycles. The van der Waals surface area contributed by atoms with Gasteiger partial charge in [-0.05, 0) is 67.6 Å². The lowest BCUT2D eigenvalue weighted by Gasteiger charge is -2.35. The van der Waals surface area contributed by atoms with Crippen molar-refractivity contribution < 1.29 is 17.6 Å². The van der Waals surface area contributed by atoms with Crippen LogP contribution in [0, 0.1) is 11.7 Å². The molecule has 2 aromatic heterocycles. The van der Waals surface area contributed by atoms with Crippen molar-refractivity contribution in [1.29, 1.82) is 0 Å². The van der Waals surface area contributed by atoms with Crippen LogP contribution in [0.4, 0.5) is 4.39 Å². The minimum absolute atomic E-state index is 0.0804. The monoisotopic (exact) mass is 548 g/mol. The molecule has 0 aliphatic heterocycles. The average Bonchev–Trinajstić information content (AvgIpc) is 3.34. The van der Waals surface area contributed by atoms with Crippen molar-refractivity contribution in [1.82, 2.24) is 20.0 Å². The zero-order chi connectivity index (χ0) is 27.5. The molecule has 1 fully saturated rings. The second-order valence-corrected chi connectivity index (χ2v) is 12.2. The molecule has 5 rings (SSSR count). The molecule has 9 heteroatoms. The molecule has 2 unspecified atom stereocenters. The molecule has 2 aromatic carbocycles. The number of halogens is 1. The van der Waals surface area contributed by atoms with E-state index in [1.807, 2.05) is 42.5 Å². The van der Waals surface area contributed by atoms with Crippen LogP contribution in [-0.4, -0.2) is 29.8 Å². The van der Waals surface area contributed by atoms with Gasteiger partial charge in [-0.1, -0.05) is 49.6 Å². The first-order chi connectivity index (χ1) is 18.7. The van der Waals surface area contributed by atoms with Crippen molar-refractivity contribution in [2.24, 2.45) is 5.92 Å². The summed E-state index contributed by atoms with van der Waals surface area (Å²) >= 11 is 0. The van der Waals surface area contributed by atoms with E-state index >= 15 is 0 Å². The van der Waals surface area contributed by atoms with Gasteiger partial charge in [0, 0.05) is 29.7 Å². The van der Waals surface area contributed by atoms with E-state index in [1.54, 1.807) is 19.3 Å². The number of sulfonamides is 1. The number of carbonyl (C=O) groups is 1. The molecule has 1 aliphatic rings. The summed E-state index contributed by atoms with van der Waals surface area (Å²) in [5, 5.41) is 4.08. The van der Waals surface area contributed by atoms with Crippen LogP contribution in [0.25, 0.3) is 10.9 Å². The Morgan fingerprint density at radius 2 is 1.85 bits per heavy atom. The molecule has 7 nitrogen and oxygen atoms in total. The van der Waals surface area contributed by atoms with Crippen LogP contribution in [-0.2, 0) is 21.2 Å². The summed E-state index contributed by atoms with van der Waals surface area (Å²) in [4.78, 5) is 21.7. The standard InChI is InChI=1S/C30H33FN4O3S/c1-30(19-22-20-33-26-15-6-5-14-25(22)26,35-39(37,38)24-13-9-12-23(31)18-24)29(36)34-28(21-10-3-2-4-11-21)27-16-7-8-17-32-27/h5-9,12-18,20-21,28,33,35H,2-4,10-11,19H2,1H3,(H,34,36). The van der Waals surface area contributed by atoms with Gasteiger partial charge in [0.15, 0.2) is 0 Å². The predicted molar refractivity (Wildman–Crippen MR) is 149 cm³/mol. The fraction of sp³-hybridized carbons (Fsp3) is 0.333. The first kappa shape index (κ1) is 27.0. The van der Waals surface area contributed by atoms with Crippen LogP contribution in [0.5, 0.6) is 0 Å². The van der Waals surface area contributed by atoms with E-state index in [9.17, 15) is 17.6 Å². The highest BCUT2D eigenvalue weighted by atomic mass is 32.2. The maximum atomic E-state index is 14.2. The van der Waals surface area contributed by atoms with Gasteiger partial charge in [-0.3, -0.25) is 9.78 Å². The van der Waals surface area contributed by atoms with E-state index in [4.69, 9.17) is 0 Å². The number of H-pyrrole nitrogens is 1. The molecular weight excluding hydrogens is 515 g/mol. The number of hydrogen-bond donors (Lipinski definition) is 3. The van der Waals surface area contributed by atoms with E-state index < -0.39 is 27.3 Å². The van der Waals surface area contributed by atoms with Gasteiger partial charge in [-0.15, -0.1) is 0 Å². The lowest BCUT2D eigenvalue weighted by Crippen LogP contribution is -2.59. The average molecular weight is 549 g/mol. The number of nitrogens with one attached hydrogen (secondary N) is 3. The number of hydrogen-bond acceptors (Lipinski definition) is 4. The number of benzene rings is 2. The first-order valence-electron chi connectivity index (χ1n) is 13.3. The van der Waals surface area contributed by atoms with E-state index in [0.29, 0.717) is 0 Å². The minimum atomic E-state index is -4.24. The van der Waals surface area contributed by atoms with Crippen molar-refractivity contribution in [3.8, 4) is 0 Å². The number of para-hydroxylation sites is 1. The molecule has 1 saturated carbocycles. The number of pyridine rings is 1. The van der Waals surface area contributed by atoms with E-state index in [-0.39, 0.29) is 23.3 Å². The van der Waals surface area contributed by atoms with Crippen molar-refractivity contribution in [3.63, 3.8) is 0 Å². The third-order valence-electron chi connectivity index (χ3n) is 7.60. The zero-order valence-corrected chi connectivity index (χ0v) is 22.7. The number of amides is 1. The van der Waals surface area contributed by atoms with Gasteiger partial charge >= 0.3 is 0 Å². The number of carbonyl (C=O) groups excluding carboxylic acids is 1. The summed E-state index contributed by atoms with van der Waals surface area (Å²) in [6, 6.07) is 17.7. The Morgan fingerprint density at radius 1 is 1.08 bits per heavy atom. The molecule has 0 saturated heterocycles. The number of aromatic amines is 1. The fourth-order valence-electron chi connectivity index (χ4n) is 5.57. The lowest BCUT2D eigenvalue weighted by molar-refractivity contribution is -0.127. The van der Waals surface area contributed by atoms with E-state index in [1.165, 1.54) is 18.2 Å². The Hall–Kier alpha value is -3.56. The topological polar surface area (TPSA) is 104 Å². The second-order valence-electron chi connectivity index (χ2n) is 10.5. The summed E-state index contributed by atoms with van der Waals surface area (Å²) < 4.78 is 43.5. The predicted octanol–water partition coefficient (Wildman–Crippen LogP) is 5.42. The largest absolute Gasteiger partial charge is 0.361 e. The summed E-state index contributed by atoms with van der Waals surface area (Å²) in [5.74, 6) is -0.947. The molecule has 1 amide bonds. The Labute approximate surface area is 228 Å². The number of rotatable bonds is 9. The lowest BCUT2D eigenvalue weighted by atomic mass is 9.82. The summed E-state index contributed by atoms with van der Waals surface area (Å²) in [5.41, 5.74) is 0.840. The smallest absolute Gasteiger partial charge is 0.241 e. The normalized spacial score (nSPS) is 17.0. The third kappa shape index (κ3) is 6.04. The SMILES string of the molecule is CC(Cc1c[nH]c2ccccc12)(NS(=O)(=O)c1cccc(F)c1)C(=O)NC(c1ccccn1)C1CCCCC1. The van der Waals surface area contributed by atoms with Gasteiger partial charge in [0.05, 0.1) is 16.6 Å². The van der Waals surface area contributed by atoms with Gasteiger partial charge in [-0.25, -0.2) is 12.8 Å². The number of nitrogens with zero attached hydrogens (tertiary/aromatic N) is 1. The summed E-state index contributed by atoms with van der Waals surface area (Å²) in [7, 11) is -4.24. The zero-order valence-electron chi connectivity index (χ0n) is 21.9. The molecule has 3 N–H and O–H groups in total. The molecule has 2 atom stereocenters. The van der Waals surface area contributed by atoms with Gasteiger partial charge in [-0.2, -0.15) is 4.72 Å². The van der Waals surface area contributed by atoms with Gasteiger partial charge in [0.2, 0.25) is 15.9 Å².